The number of hydrogen-bond acceptors (Lipinski definition) is 8. The maximum Gasteiger partial charge on any atom is 0.258 e. The van der Waals surface area contributed by atoms with Crippen LogP contribution in [0, 0.1) is 11.3 Å². The van der Waals surface area contributed by atoms with Crippen LogP contribution in [0.25, 0.3) is 22.8 Å². The van der Waals surface area contributed by atoms with Gasteiger partial charge >= 0.3 is 0 Å². The zero-order chi connectivity index (χ0) is 20.9. The van der Waals surface area contributed by atoms with Gasteiger partial charge in [0, 0.05) is 30.3 Å². The molecule has 0 fully saturated rings. The fourth-order valence-corrected chi connectivity index (χ4v) is 3.88. The van der Waals surface area contributed by atoms with E-state index in [1.807, 2.05) is 18.2 Å². The van der Waals surface area contributed by atoms with Crippen LogP contribution in [0.15, 0.2) is 40.9 Å². The number of halogens is 1. The summed E-state index contributed by atoms with van der Waals surface area (Å²) in [6.07, 6.45) is 1.87. The van der Waals surface area contributed by atoms with Crippen LogP contribution in [-0.4, -0.2) is 46.7 Å². The van der Waals surface area contributed by atoms with E-state index in [2.05, 4.69) is 32.9 Å². The minimum atomic E-state index is -0.0165. The molecule has 0 bridgehead atoms. The highest BCUT2D eigenvalue weighted by molar-refractivity contribution is 5.85. The number of rotatable bonds is 8. The van der Waals surface area contributed by atoms with Gasteiger partial charge in [-0.25, -0.2) is 0 Å². The molecule has 1 atom stereocenters. The summed E-state index contributed by atoms with van der Waals surface area (Å²) < 4.78 is 5.50. The highest BCUT2D eigenvalue weighted by Gasteiger charge is 2.26. The molecular formula is C22H24ClN5O3. The molecule has 162 valence electrons. The fourth-order valence-electron chi connectivity index (χ4n) is 3.88. The van der Waals surface area contributed by atoms with Crippen LogP contribution in [0.5, 0.6) is 0 Å². The second-order valence-electron chi connectivity index (χ2n) is 7.09. The molecule has 1 aliphatic carbocycles. The van der Waals surface area contributed by atoms with E-state index < -0.39 is 0 Å². The number of aliphatic hydroxyl groups is 2. The van der Waals surface area contributed by atoms with Crippen LogP contribution in [0.3, 0.4) is 0 Å². The number of aromatic nitrogens is 2. The molecular weight excluding hydrogens is 418 g/mol. The zero-order valence-corrected chi connectivity index (χ0v) is 17.7. The maximum absolute atomic E-state index is 9.42. The predicted molar refractivity (Wildman–Crippen MR) is 119 cm³/mol. The number of aliphatic hydroxyl groups excluding tert-OH is 2. The van der Waals surface area contributed by atoms with Crippen molar-refractivity contribution in [1.82, 2.24) is 15.5 Å². The van der Waals surface area contributed by atoms with E-state index in [1.165, 1.54) is 11.1 Å². The zero-order valence-electron chi connectivity index (χ0n) is 16.8. The molecule has 0 aliphatic heterocycles. The molecule has 3 aromatic rings. The average molecular weight is 442 g/mol. The number of nitriles is 1. The van der Waals surface area contributed by atoms with E-state index in [4.69, 9.17) is 14.7 Å². The Bertz CT molecular complexity index is 1080. The molecule has 8 nitrogen and oxygen atoms in total. The SMILES string of the molecule is Cl.N#Cc1cc(-c2nc(-c3cccc4c3CC[C@@H]4NCCO)no2)ccc1NCCO. The summed E-state index contributed by atoms with van der Waals surface area (Å²) in [5, 5.41) is 38.0. The largest absolute Gasteiger partial charge is 0.395 e. The number of fused-ring (bicyclic) bond motifs is 1. The Morgan fingerprint density at radius 3 is 2.77 bits per heavy atom. The van der Waals surface area contributed by atoms with Gasteiger partial charge < -0.3 is 25.4 Å². The average Bonchev–Trinajstić information content (AvgIpc) is 3.43. The third-order valence-corrected chi connectivity index (χ3v) is 5.25. The van der Waals surface area contributed by atoms with Crippen molar-refractivity contribution in [3.63, 3.8) is 0 Å². The lowest BCUT2D eigenvalue weighted by atomic mass is 10.0. The molecule has 0 radical (unpaired) electrons. The lowest BCUT2D eigenvalue weighted by Crippen LogP contribution is -2.22. The summed E-state index contributed by atoms with van der Waals surface area (Å²) >= 11 is 0. The summed E-state index contributed by atoms with van der Waals surface area (Å²) in [5.74, 6) is 0.867. The summed E-state index contributed by atoms with van der Waals surface area (Å²) in [6, 6.07) is 13.7. The van der Waals surface area contributed by atoms with Crippen molar-refractivity contribution >= 4 is 18.1 Å². The standard InChI is InChI=1S/C22H23N5O3.ClH/c23-13-15-12-14(4-6-19(15)24-8-10-28)22-26-21(27-30-22)18-3-1-2-17-16(18)5-7-20(17)25-9-11-29;/h1-4,6,12,20,24-25,28-29H,5,7-11H2;1H/t20-;/m0./s1. The molecule has 1 heterocycles. The molecule has 31 heavy (non-hydrogen) atoms. The van der Waals surface area contributed by atoms with Gasteiger partial charge in [-0.1, -0.05) is 23.4 Å². The number of hydrogen-bond donors (Lipinski definition) is 4. The third-order valence-electron chi connectivity index (χ3n) is 5.25. The van der Waals surface area contributed by atoms with E-state index >= 15 is 0 Å². The van der Waals surface area contributed by atoms with Gasteiger partial charge in [0.2, 0.25) is 5.82 Å². The van der Waals surface area contributed by atoms with Gasteiger partial charge in [-0.3, -0.25) is 0 Å². The molecule has 0 spiro atoms. The Morgan fingerprint density at radius 2 is 2.00 bits per heavy atom. The first-order chi connectivity index (χ1) is 14.7. The van der Waals surface area contributed by atoms with Gasteiger partial charge in [0.1, 0.15) is 6.07 Å². The fraction of sp³-hybridized carbons (Fsp3) is 0.318. The van der Waals surface area contributed by atoms with Crippen molar-refractivity contribution < 1.29 is 14.7 Å². The number of benzene rings is 2. The molecule has 2 aromatic carbocycles. The van der Waals surface area contributed by atoms with Crippen LogP contribution < -0.4 is 10.6 Å². The first kappa shape index (κ1) is 22.7. The lowest BCUT2D eigenvalue weighted by Gasteiger charge is -2.13. The van der Waals surface area contributed by atoms with Crippen LogP contribution in [0.1, 0.15) is 29.2 Å². The van der Waals surface area contributed by atoms with Crippen molar-refractivity contribution in [2.75, 3.05) is 31.6 Å². The van der Waals surface area contributed by atoms with E-state index in [-0.39, 0.29) is 31.7 Å². The highest BCUT2D eigenvalue weighted by atomic mass is 35.5. The molecule has 1 aliphatic rings. The summed E-state index contributed by atoms with van der Waals surface area (Å²) in [7, 11) is 0. The maximum atomic E-state index is 9.42. The van der Waals surface area contributed by atoms with Crippen LogP contribution in [0.2, 0.25) is 0 Å². The smallest absolute Gasteiger partial charge is 0.258 e. The van der Waals surface area contributed by atoms with Crippen LogP contribution in [0.4, 0.5) is 5.69 Å². The van der Waals surface area contributed by atoms with Crippen LogP contribution in [-0.2, 0) is 6.42 Å². The van der Waals surface area contributed by atoms with Crippen molar-refractivity contribution in [3.8, 4) is 28.9 Å². The third kappa shape index (κ3) is 4.70. The summed E-state index contributed by atoms with van der Waals surface area (Å²) in [6.45, 7) is 1.02. The topological polar surface area (TPSA) is 127 Å². The van der Waals surface area contributed by atoms with Crippen molar-refractivity contribution in [3.05, 3.63) is 53.1 Å². The Morgan fingerprint density at radius 1 is 1.16 bits per heavy atom. The van der Waals surface area contributed by atoms with Crippen molar-refractivity contribution in [2.45, 2.75) is 18.9 Å². The van der Waals surface area contributed by atoms with Crippen LogP contribution >= 0.6 is 12.4 Å². The van der Waals surface area contributed by atoms with E-state index in [9.17, 15) is 5.26 Å². The number of nitrogens with zero attached hydrogens (tertiary/aromatic N) is 3. The molecule has 9 heteroatoms. The first-order valence-corrected chi connectivity index (χ1v) is 9.94. The minimum absolute atomic E-state index is 0. The van der Waals surface area contributed by atoms with Gasteiger partial charge in [0.05, 0.1) is 24.5 Å². The second kappa shape index (κ2) is 10.4. The van der Waals surface area contributed by atoms with Gasteiger partial charge in [0.15, 0.2) is 0 Å². The Hall–Kier alpha value is -2.96. The molecule has 4 N–H and O–H groups in total. The molecule has 0 unspecified atom stereocenters. The Kier molecular flexibility index (Phi) is 7.60. The molecule has 4 rings (SSSR count). The second-order valence-corrected chi connectivity index (χ2v) is 7.09. The first-order valence-electron chi connectivity index (χ1n) is 9.94. The van der Waals surface area contributed by atoms with Gasteiger partial charge in [-0.15, -0.1) is 12.4 Å². The van der Waals surface area contributed by atoms with Gasteiger partial charge in [0.25, 0.3) is 5.89 Å². The van der Waals surface area contributed by atoms with E-state index in [0.717, 1.165) is 18.4 Å². The summed E-state index contributed by atoms with van der Waals surface area (Å²) in [4.78, 5) is 4.57. The van der Waals surface area contributed by atoms with Gasteiger partial charge in [-0.05, 0) is 42.2 Å². The molecule has 0 saturated heterocycles. The van der Waals surface area contributed by atoms with Gasteiger partial charge in [-0.2, -0.15) is 10.2 Å². The Labute approximate surface area is 186 Å². The Balaban J connectivity index is 0.00000272. The lowest BCUT2D eigenvalue weighted by molar-refractivity contribution is 0.284. The predicted octanol–water partition coefficient (Wildman–Crippen LogP) is 2.67. The van der Waals surface area contributed by atoms with E-state index in [1.54, 1.807) is 12.1 Å². The van der Waals surface area contributed by atoms with E-state index in [0.29, 0.717) is 41.6 Å². The monoisotopic (exact) mass is 441 g/mol. The molecule has 1 aromatic heterocycles. The summed E-state index contributed by atoms with van der Waals surface area (Å²) in [5.41, 5.74) is 5.10. The highest BCUT2D eigenvalue weighted by Crippen LogP contribution is 2.37. The normalized spacial score (nSPS) is 14.5. The van der Waals surface area contributed by atoms with Crippen molar-refractivity contribution in [2.24, 2.45) is 0 Å². The van der Waals surface area contributed by atoms with Crippen molar-refractivity contribution in [1.29, 1.82) is 5.26 Å². The molecule has 0 amide bonds. The number of anilines is 1. The quantitative estimate of drug-likeness (QED) is 0.420. The number of nitrogens with one attached hydrogen (secondary N) is 2. The minimum Gasteiger partial charge on any atom is -0.395 e. The molecule has 0 saturated carbocycles.